The second-order valence-electron chi connectivity index (χ2n) is 6.37. The number of carbonyl (C=O) groups excluding carboxylic acids is 1. The van der Waals surface area contributed by atoms with Gasteiger partial charge in [0.05, 0.1) is 4.90 Å². The molecule has 2 aromatic rings. The summed E-state index contributed by atoms with van der Waals surface area (Å²) in [7, 11) is -3.61. The molecule has 1 fully saturated rings. The average Bonchev–Trinajstić information content (AvgIpc) is 3.29. The summed E-state index contributed by atoms with van der Waals surface area (Å²) >= 11 is 1.62. The molecule has 0 saturated carbocycles. The highest BCUT2D eigenvalue weighted by molar-refractivity contribution is 7.89. The van der Waals surface area contributed by atoms with E-state index in [9.17, 15) is 13.2 Å². The first kappa shape index (κ1) is 19.0. The zero-order valence-corrected chi connectivity index (χ0v) is 16.3. The van der Waals surface area contributed by atoms with Gasteiger partial charge in [0.15, 0.2) is 0 Å². The molecule has 26 heavy (non-hydrogen) atoms. The third kappa shape index (κ3) is 4.70. The number of likely N-dealkylation sites (tertiary alicyclic amines) is 1. The standard InChI is InChI=1S/C18H23N3O3S2/c1-14(22)20-16-4-6-17(7-5-16)26(23,24)19-12-18(15-8-11-25-13-15)21-9-2-3-10-21/h4-8,11,13,18-19H,2-3,9-10,12H2,1H3,(H,20,22). The third-order valence-corrected chi connectivity index (χ3v) is 6.60. The quantitative estimate of drug-likeness (QED) is 0.758. The molecule has 1 saturated heterocycles. The zero-order chi connectivity index (χ0) is 18.6. The van der Waals surface area contributed by atoms with Crippen LogP contribution in [0.3, 0.4) is 0 Å². The summed E-state index contributed by atoms with van der Waals surface area (Å²) < 4.78 is 28.0. The molecule has 6 nitrogen and oxygen atoms in total. The number of hydrogen-bond donors (Lipinski definition) is 2. The fourth-order valence-electron chi connectivity index (χ4n) is 3.17. The van der Waals surface area contributed by atoms with Gasteiger partial charge in [0, 0.05) is 25.2 Å². The minimum Gasteiger partial charge on any atom is -0.326 e. The Kier molecular flexibility index (Phi) is 6.08. The maximum Gasteiger partial charge on any atom is 0.240 e. The van der Waals surface area contributed by atoms with Crippen molar-refractivity contribution in [2.45, 2.75) is 30.7 Å². The van der Waals surface area contributed by atoms with Gasteiger partial charge in [-0.25, -0.2) is 13.1 Å². The van der Waals surface area contributed by atoms with Crippen molar-refractivity contribution in [3.05, 3.63) is 46.7 Å². The van der Waals surface area contributed by atoms with Gasteiger partial charge < -0.3 is 5.32 Å². The summed E-state index contributed by atoms with van der Waals surface area (Å²) in [6.07, 6.45) is 2.30. The van der Waals surface area contributed by atoms with Crippen molar-refractivity contribution < 1.29 is 13.2 Å². The fourth-order valence-corrected chi connectivity index (χ4v) is 4.91. The highest BCUT2D eigenvalue weighted by atomic mass is 32.2. The van der Waals surface area contributed by atoms with Gasteiger partial charge in [0.25, 0.3) is 0 Å². The molecule has 1 aromatic heterocycles. The highest BCUT2D eigenvalue weighted by Crippen LogP contribution is 2.26. The lowest BCUT2D eigenvalue weighted by molar-refractivity contribution is -0.114. The van der Waals surface area contributed by atoms with Crippen molar-refractivity contribution in [2.75, 3.05) is 25.0 Å². The molecule has 1 aliphatic heterocycles. The largest absolute Gasteiger partial charge is 0.326 e. The molecular weight excluding hydrogens is 370 g/mol. The second-order valence-corrected chi connectivity index (χ2v) is 8.92. The van der Waals surface area contributed by atoms with E-state index in [1.54, 1.807) is 23.5 Å². The van der Waals surface area contributed by atoms with E-state index in [4.69, 9.17) is 0 Å². The van der Waals surface area contributed by atoms with Crippen molar-refractivity contribution in [1.82, 2.24) is 9.62 Å². The molecule has 140 valence electrons. The summed E-state index contributed by atoms with van der Waals surface area (Å²) in [4.78, 5) is 13.6. The van der Waals surface area contributed by atoms with Gasteiger partial charge in [-0.1, -0.05) is 0 Å². The van der Waals surface area contributed by atoms with Gasteiger partial charge >= 0.3 is 0 Å². The van der Waals surface area contributed by atoms with Crippen LogP contribution in [0.2, 0.25) is 0 Å². The number of sulfonamides is 1. The van der Waals surface area contributed by atoms with Crippen molar-refractivity contribution in [3.8, 4) is 0 Å². The van der Waals surface area contributed by atoms with Crippen LogP contribution in [0.1, 0.15) is 31.4 Å². The molecule has 1 unspecified atom stereocenters. The Balaban J connectivity index is 1.70. The van der Waals surface area contributed by atoms with E-state index in [2.05, 4.69) is 26.4 Å². The van der Waals surface area contributed by atoms with Crippen LogP contribution in [0.4, 0.5) is 5.69 Å². The van der Waals surface area contributed by atoms with Gasteiger partial charge in [-0.2, -0.15) is 11.3 Å². The second kappa shape index (κ2) is 8.30. The van der Waals surface area contributed by atoms with Crippen LogP contribution in [0.15, 0.2) is 46.0 Å². The average molecular weight is 394 g/mol. The molecule has 8 heteroatoms. The third-order valence-electron chi connectivity index (χ3n) is 4.46. The smallest absolute Gasteiger partial charge is 0.240 e. The number of amides is 1. The minimum atomic E-state index is -3.61. The van der Waals surface area contributed by atoms with Gasteiger partial charge in [-0.05, 0) is 72.6 Å². The van der Waals surface area contributed by atoms with E-state index >= 15 is 0 Å². The molecule has 2 N–H and O–H groups in total. The number of thiophene rings is 1. The van der Waals surface area contributed by atoms with Gasteiger partial charge in [0.1, 0.15) is 0 Å². The summed E-state index contributed by atoms with van der Waals surface area (Å²) in [5, 5.41) is 6.73. The molecule has 1 amide bonds. The summed E-state index contributed by atoms with van der Waals surface area (Å²) in [6, 6.07) is 8.30. The van der Waals surface area contributed by atoms with Crippen LogP contribution in [-0.4, -0.2) is 38.9 Å². The number of benzene rings is 1. The van der Waals surface area contributed by atoms with Crippen LogP contribution in [0, 0.1) is 0 Å². The summed E-state index contributed by atoms with van der Waals surface area (Å²) in [6.45, 7) is 3.74. The Morgan fingerprint density at radius 1 is 1.19 bits per heavy atom. The highest BCUT2D eigenvalue weighted by Gasteiger charge is 2.25. The Hall–Kier alpha value is -1.74. The van der Waals surface area contributed by atoms with Gasteiger partial charge in [0.2, 0.25) is 15.9 Å². The molecule has 1 atom stereocenters. The number of nitrogens with one attached hydrogen (secondary N) is 2. The first-order chi connectivity index (χ1) is 12.5. The Labute approximate surface area is 158 Å². The van der Waals surface area contributed by atoms with Crippen LogP contribution < -0.4 is 10.0 Å². The van der Waals surface area contributed by atoms with Crippen LogP contribution in [-0.2, 0) is 14.8 Å². The Bertz CT molecular complexity index is 827. The number of carbonyl (C=O) groups is 1. The lowest BCUT2D eigenvalue weighted by Crippen LogP contribution is -2.36. The first-order valence-corrected chi connectivity index (χ1v) is 11.0. The van der Waals surface area contributed by atoms with E-state index in [1.807, 2.05) is 5.38 Å². The van der Waals surface area contributed by atoms with Crippen molar-refractivity contribution in [3.63, 3.8) is 0 Å². The molecule has 0 radical (unpaired) electrons. The van der Waals surface area contributed by atoms with E-state index < -0.39 is 10.0 Å². The SMILES string of the molecule is CC(=O)Nc1ccc(S(=O)(=O)NCC(c2ccsc2)N2CCCC2)cc1. The van der Waals surface area contributed by atoms with E-state index in [0.717, 1.165) is 31.5 Å². The van der Waals surface area contributed by atoms with Crippen molar-refractivity contribution >= 4 is 33.0 Å². The van der Waals surface area contributed by atoms with Crippen LogP contribution in [0.25, 0.3) is 0 Å². The summed E-state index contributed by atoms with van der Waals surface area (Å²) in [5.74, 6) is -0.192. The van der Waals surface area contributed by atoms with Crippen molar-refractivity contribution in [2.24, 2.45) is 0 Å². The van der Waals surface area contributed by atoms with E-state index in [0.29, 0.717) is 12.2 Å². The van der Waals surface area contributed by atoms with E-state index in [-0.39, 0.29) is 16.8 Å². The Morgan fingerprint density at radius 2 is 1.88 bits per heavy atom. The molecule has 1 aromatic carbocycles. The topological polar surface area (TPSA) is 78.5 Å². The zero-order valence-electron chi connectivity index (χ0n) is 14.6. The monoisotopic (exact) mass is 393 g/mol. The molecule has 0 spiro atoms. The minimum absolute atomic E-state index is 0.0529. The predicted molar refractivity (Wildman–Crippen MR) is 104 cm³/mol. The van der Waals surface area contributed by atoms with Crippen molar-refractivity contribution in [1.29, 1.82) is 0 Å². The van der Waals surface area contributed by atoms with E-state index in [1.165, 1.54) is 19.1 Å². The molecule has 3 rings (SSSR count). The molecule has 0 aliphatic carbocycles. The number of nitrogens with zero attached hydrogens (tertiary/aromatic N) is 1. The molecular formula is C18H23N3O3S2. The number of hydrogen-bond acceptors (Lipinski definition) is 5. The first-order valence-electron chi connectivity index (χ1n) is 8.59. The lowest BCUT2D eigenvalue weighted by Gasteiger charge is -2.27. The number of anilines is 1. The van der Waals surface area contributed by atoms with Gasteiger partial charge in [-0.15, -0.1) is 0 Å². The number of rotatable bonds is 7. The maximum atomic E-state index is 12.6. The summed E-state index contributed by atoms with van der Waals surface area (Å²) in [5.41, 5.74) is 1.73. The van der Waals surface area contributed by atoms with Gasteiger partial charge in [-0.3, -0.25) is 9.69 Å². The molecule has 2 heterocycles. The molecule has 1 aliphatic rings. The normalized spacial score (nSPS) is 16.5. The Morgan fingerprint density at radius 3 is 2.46 bits per heavy atom. The predicted octanol–water partition coefficient (Wildman–Crippen LogP) is 2.82. The lowest BCUT2D eigenvalue weighted by atomic mass is 10.1. The van der Waals surface area contributed by atoms with Crippen LogP contribution >= 0.6 is 11.3 Å². The fraction of sp³-hybridized carbons (Fsp3) is 0.389. The molecule has 0 bridgehead atoms. The van der Waals surface area contributed by atoms with Crippen LogP contribution in [0.5, 0.6) is 0 Å². The maximum absolute atomic E-state index is 12.6.